The number of aromatic nitrogens is 1. The third kappa shape index (κ3) is 4.63. The van der Waals surface area contributed by atoms with Crippen LogP contribution < -0.4 is 11.1 Å². The summed E-state index contributed by atoms with van der Waals surface area (Å²) in [5.74, 6) is 0. The van der Waals surface area contributed by atoms with Gasteiger partial charge in [-0.3, -0.25) is 4.98 Å². The van der Waals surface area contributed by atoms with Crippen molar-refractivity contribution in [3.8, 4) is 0 Å². The first-order valence-electron chi connectivity index (χ1n) is 7.84. The Morgan fingerprint density at radius 3 is 2.70 bits per heavy atom. The first-order valence-corrected chi connectivity index (χ1v) is 8.22. The van der Waals surface area contributed by atoms with Gasteiger partial charge in [-0.05, 0) is 68.8 Å². The number of nitrogens with one attached hydrogen (secondary N) is 1. The van der Waals surface area contributed by atoms with Gasteiger partial charge in [0, 0.05) is 28.3 Å². The van der Waals surface area contributed by atoms with Gasteiger partial charge in [0.15, 0.2) is 0 Å². The number of nitrogens with two attached hydrogens (primary N) is 1. The second-order valence-electron chi connectivity index (χ2n) is 5.70. The normalized spacial score (nSPS) is 13.0. The predicted octanol–water partition coefficient (Wildman–Crippen LogP) is 4.76. The van der Waals surface area contributed by atoms with Crippen molar-refractivity contribution in [3.05, 3.63) is 34.5 Å². The molecule has 1 aliphatic rings. The van der Waals surface area contributed by atoms with Crippen molar-refractivity contribution in [2.45, 2.75) is 38.5 Å². The summed E-state index contributed by atoms with van der Waals surface area (Å²) in [7, 11) is 0. The van der Waals surface area contributed by atoms with Gasteiger partial charge in [0.25, 0.3) is 0 Å². The van der Waals surface area contributed by atoms with E-state index in [0.717, 1.165) is 49.3 Å². The van der Waals surface area contributed by atoms with E-state index in [2.05, 4.69) is 11.4 Å². The molecule has 1 heterocycles. The van der Waals surface area contributed by atoms with Crippen molar-refractivity contribution in [2.24, 2.45) is 5.73 Å². The van der Waals surface area contributed by atoms with E-state index in [9.17, 15) is 0 Å². The summed E-state index contributed by atoms with van der Waals surface area (Å²) >= 11 is 6.13. The molecule has 0 amide bonds. The van der Waals surface area contributed by atoms with E-state index in [1.165, 1.54) is 35.2 Å². The Morgan fingerprint density at radius 1 is 1.13 bits per heavy atom. The molecule has 0 bridgehead atoms. The highest BCUT2D eigenvalue weighted by Gasteiger charge is 2.18. The molecule has 23 heavy (non-hydrogen) atoms. The average molecular weight is 377 g/mol. The second-order valence-corrected chi connectivity index (χ2v) is 6.14. The smallest absolute Gasteiger partial charge is 0.0741 e. The Bertz CT molecular complexity index is 647. The molecule has 0 aliphatic heterocycles. The van der Waals surface area contributed by atoms with Gasteiger partial charge in [-0.2, -0.15) is 0 Å². The molecule has 128 valence electrons. The summed E-state index contributed by atoms with van der Waals surface area (Å²) in [6.07, 6.45) is 6.85. The molecular weight excluding hydrogens is 353 g/mol. The SMILES string of the molecule is Cl.Cl.NCCCCNc1c2c(nc3cc(Cl)ccc13)CCCC2. The summed E-state index contributed by atoms with van der Waals surface area (Å²) in [5.41, 5.74) is 10.5. The zero-order chi connectivity index (χ0) is 14.7. The van der Waals surface area contributed by atoms with E-state index in [-0.39, 0.29) is 24.8 Å². The molecule has 0 radical (unpaired) electrons. The number of unbranched alkanes of at least 4 members (excludes halogenated alkanes) is 1. The highest BCUT2D eigenvalue weighted by atomic mass is 35.5. The molecule has 3 N–H and O–H groups in total. The minimum atomic E-state index is 0. The number of pyridine rings is 1. The third-order valence-electron chi connectivity index (χ3n) is 4.16. The van der Waals surface area contributed by atoms with Gasteiger partial charge < -0.3 is 11.1 Å². The van der Waals surface area contributed by atoms with Gasteiger partial charge in [-0.15, -0.1) is 24.8 Å². The van der Waals surface area contributed by atoms with Crippen molar-refractivity contribution in [1.29, 1.82) is 0 Å². The number of halogens is 3. The average Bonchev–Trinajstić information content (AvgIpc) is 2.50. The van der Waals surface area contributed by atoms with Crippen LogP contribution in [0.3, 0.4) is 0 Å². The lowest BCUT2D eigenvalue weighted by atomic mass is 9.92. The maximum atomic E-state index is 6.13. The number of anilines is 1. The molecule has 1 aliphatic carbocycles. The summed E-state index contributed by atoms with van der Waals surface area (Å²) in [6.45, 7) is 1.72. The molecule has 1 aromatic carbocycles. The Labute approximate surface area is 155 Å². The fourth-order valence-corrected chi connectivity index (χ4v) is 3.25. The summed E-state index contributed by atoms with van der Waals surface area (Å²) in [5, 5.41) is 5.57. The first-order chi connectivity index (χ1) is 10.3. The van der Waals surface area contributed by atoms with Crippen LogP contribution in [0.5, 0.6) is 0 Å². The Hall–Kier alpha value is -0.740. The van der Waals surface area contributed by atoms with Gasteiger partial charge in [0.05, 0.1) is 5.52 Å². The van der Waals surface area contributed by atoms with Crippen LogP contribution in [0, 0.1) is 0 Å². The maximum absolute atomic E-state index is 6.13. The Kier molecular flexibility index (Phi) is 8.41. The molecule has 1 aromatic heterocycles. The third-order valence-corrected chi connectivity index (χ3v) is 4.39. The quantitative estimate of drug-likeness (QED) is 0.740. The van der Waals surface area contributed by atoms with Gasteiger partial charge >= 0.3 is 0 Å². The van der Waals surface area contributed by atoms with Crippen LogP contribution in [0.15, 0.2) is 18.2 Å². The second kappa shape index (κ2) is 9.53. The fraction of sp³-hybridized carbons (Fsp3) is 0.471. The van der Waals surface area contributed by atoms with Crippen molar-refractivity contribution in [1.82, 2.24) is 4.98 Å². The molecule has 0 unspecified atom stereocenters. The molecule has 3 rings (SSSR count). The van der Waals surface area contributed by atoms with Crippen molar-refractivity contribution in [2.75, 3.05) is 18.4 Å². The molecule has 6 heteroatoms. The van der Waals surface area contributed by atoms with Crippen LogP contribution in [0.2, 0.25) is 5.02 Å². The Balaban J connectivity index is 0.00000132. The minimum Gasteiger partial charge on any atom is -0.384 e. The minimum absolute atomic E-state index is 0. The molecule has 2 aromatic rings. The van der Waals surface area contributed by atoms with E-state index in [4.69, 9.17) is 22.3 Å². The van der Waals surface area contributed by atoms with E-state index in [0.29, 0.717) is 0 Å². The summed E-state index contributed by atoms with van der Waals surface area (Å²) in [6, 6.07) is 6.01. The lowest BCUT2D eigenvalue weighted by Gasteiger charge is -2.21. The van der Waals surface area contributed by atoms with Crippen molar-refractivity contribution < 1.29 is 0 Å². The predicted molar refractivity (Wildman–Crippen MR) is 105 cm³/mol. The standard InChI is InChI=1S/C17H22ClN3.2ClH/c18-12-7-8-14-16(11-12)21-15-6-2-1-5-13(15)17(14)20-10-4-3-9-19;;/h7-8,11H,1-6,9-10,19H2,(H,20,21);2*1H. The summed E-state index contributed by atoms with van der Waals surface area (Å²) < 4.78 is 0. The zero-order valence-electron chi connectivity index (χ0n) is 13.1. The van der Waals surface area contributed by atoms with Gasteiger partial charge in [-0.25, -0.2) is 0 Å². The van der Waals surface area contributed by atoms with Crippen LogP contribution >= 0.6 is 36.4 Å². The van der Waals surface area contributed by atoms with E-state index in [1.807, 2.05) is 12.1 Å². The molecule has 0 spiro atoms. The van der Waals surface area contributed by atoms with Crippen molar-refractivity contribution in [3.63, 3.8) is 0 Å². The monoisotopic (exact) mass is 375 g/mol. The zero-order valence-corrected chi connectivity index (χ0v) is 15.5. The lowest BCUT2D eigenvalue weighted by molar-refractivity contribution is 0.671. The Morgan fingerprint density at radius 2 is 1.91 bits per heavy atom. The molecule has 0 saturated heterocycles. The molecule has 3 nitrogen and oxygen atoms in total. The van der Waals surface area contributed by atoms with Crippen LogP contribution in [-0.4, -0.2) is 18.1 Å². The number of aryl methyl sites for hydroxylation is 1. The number of benzene rings is 1. The number of fused-ring (bicyclic) bond motifs is 2. The highest BCUT2D eigenvalue weighted by Crippen LogP contribution is 2.34. The van der Waals surface area contributed by atoms with E-state index < -0.39 is 0 Å². The number of hydrogen-bond acceptors (Lipinski definition) is 3. The fourth-order valence-electron chi connectivity index (χ4n) is 3.08. The number of hydrogen-bond donors (Lipinski definition) is 2. The summed E-state index contributed by atoms with van der Waals surface area (Å²) in [4.78, 5) is 4.84. The lowest BCUT2D eigenvalue weighted by Crippen LogP contribution is -2.13. The maximum Gasteiger partial charge on any atom is 0.0741 e. The largest absolute Gasteiger partial charge is 0.384 e. The van der Waals surface area contributed by atoms with Crippen molar-refractivity contribution >= 4 is 53.0 Å². The number of nitrogens with zero attached hydrogens (tertiary/aromatic N) is 1. The molecule has 0 fully saturated rings. The van der Waals surface area contributed by atoms with Crippen LogP contribution in [0.25, 0.3) is 10.9 Å². The van der Waals surface area contributed by atoms with Crippen LogP contribution in [0.4, 0.5) is 5.69 Å². The highest BCUT2D eigenvalue weighted by molar-refractivity contribution is 6.31. The topological polar surface area (TPSA) is 50.9 Å². The molecular formula is C17H24Cl3N3. The van der Waals surface area contributed by atoms with Crippen LogP contribution in [0.1, 0.15) is 36.9 Å². The molecule has 0 atom stereocenters. The molecule has 0 saturated carbocycles. The van der Waals surface area contributed by atoms with Crippen LogP contribution in [-0.2, 0) is 12.8 Å². The first kappa shape index (κ1) is 20.3. The van der Waals surface area contributed by atoms with Gasteiger partial charge in [0.2, 0.25) is 0 Å². The van der Waals surface area contributed by atoms with Gasteiger partial charge in [-0.1, -0.05) is 11.6 Å². The van der Waals surface area contributed by atoms with E-state index >= 15 is 0 Å². The van der Waals surface area contributed by atoms with E-state index in [1.54, 1.807) is 0 Å². The number of rotatable bonds is 5. The van der Waals surface area contributed by atoms with Gasteiger partial charge in [0.1, 0.15) is 0 Å².